The Morgan fingerprint density at radius 1 is 1.24 bits per heavy atom. The van der Waals surface area contributed by atoms with Crippen LogP contribution in [0.3, 0.4) is 0 Å². The third-order valence-electron chi connectivity index (χ3n) is 5.90. The van der Waals surface area contributed by atoms with E-state index in [0.717, 1.165) is 11.3 Å². The number of ether oxygens (including phenoxy) is 1. The molecule has 2 fully saturated rings. The number of allylic oxidation sites excluding steroid dienone is 2. The molecule has 1 saturated carbocycles. The van der Waals surface area contributed by atoms with E-state index >= 15 is 0 Å². The Kier molecular flexibility index (Phi) is 4.76. The number of esters is 1. The molecule has 29 heavy (non-hydrogen) atoms. The average molecular weight is 401 g/mol. The number of nitrogens with one attached hydrogen (secondary N) is 1. The molecular formula is C20H23N3O6. The molecule has 1 N–H and O–H groups in total. The second kappa shape index (κ2) is 7.13. The van der Waals surface area contributed by atoms with E-state index in [0.29, 0.717) is 5.76 Å². The molecule has 1 saturated heterocycles. The summed E-state index contributed by atoms with van der Waals surface area (Å²) in [7, 11) is 0. The number of carbonyl (C=O) groups excluding carboxylic acids is 4. The van der Waals surface area contributed by atoms with Gasteiger partial charge in [-0.1, -0.05) is 31.2 Å². The molecule has 0 unspecified atom stereocenters. The smallest absolute Gasteiger partial charge is 0.330 e. The summed E-state index contributed by atoms with van der Waals surface area (Å²) in [5.41, 5.74) is 0. The Bertz CT molecular complexity index is 874. The number of amides is 3. The summed E-state index contributed by atoms with van der Waals surface area (Å²) in [6.07, 6.45) is 4.82. The van der Waals surface area contributed by atoms with Gasteiger partial charge in [-0.2, -0.15) is 0 Å². The number of hydrogen-bond donors (Lipinski definition) is 1. The summed E-state index contributed by atoms with van der Waals surface area (Å²) in [5, 5.41) is 6.08. The summed E-state index contributed by atoms with van der Waals surface area (Å²) in [6, 6.07) is 0.473. The van der Waals surface area contributed by atoms with Crippen LogP contribution >= 0.6 is 0 Å². The van der Waals surface area contributed by atoms with Crippen LogP contribution in [-0.4, -0.2) is 46.4 Å². The SMILES string of the molecule is Cc1cc(NC(=O)COC(=O)[C@@H](C(C)C)N2C(=O)[C@@H]3[C@H](C2=O)[C@H]2C=C[C@H]3C2)no1. The molecule has 3 aliphatic rings. The highest BCUT2D eigenvalue weighted by Crippen LogP contribution is 2.53. The summed E-state index contributed by atoms with van der Waals surface area (Å²) < 4.78 is 9.99. The molecule has 9 nitrogen and oxygen atoms in total. The van der Waals surface area contributed by atoms with Gasteiger partial charge in [0.2, 0.25) is 11.8 Å². The summed E-state index contributed by atoms with van der Waals surface area (Å²) in [6.45, 7) is 4.61. The molecule has 154 valence electrons. The van der Waals surface area contributed by atoms with Crippen LogP contribution in [0.25, 0.3) is 0 Å². The van der Waals surface area contributed by atoms with Gasteiger partial charge in [-0.3, -0.25) is 19.3 Å². The number of anilines is 1. The fraction of sp³-hybridized carbons (Fsp3) is 0.550. The fourth-order valence-electron chi connectivity index (χ4n) is 4.70. The molecule has 0 spiro atoms. The van der Waals surface area contributed by atoms with Gasteiger partial charge < -0.3 is 14.6 Å². The van der Waals surface area contributed by atoms with Gasteiger partial charge in [0.1, 0.15) is 11.8 Å². The lowest BCUT2D eigenvalue weighted by Crippen LogP contribution is -2.50. The second-order valence-electron chi connectivity index (χ2n) is 8.21. The van der Waals surface area contributed by atoms with Crippen molar-refractivity contribution in [3.63, 3.8) is 0 Å². The Morgan fingerprint density at radius 2 is 1.86 bits per heavy atom. The Hall–Kier alpha value is -2.97. The molecule has 1 aromatic rings. The van der Waals surface area contributed by atoms with Crippen LogP contribution in [0.5, 0.6) is 0 Å². The van der Waals surface area contributed by atoms with Crippen LogP contribution in [0.1, 0.15) is 26.0 Å². The van der Waals surface area contributed by atoms with Crippen molar-refractivity contribution < 1.29 is 28.4 Å². The van der Waals surface area contributed by atoms with Gasteiger partial charge in [0.15, 0.2) is 12.4 Å². The second-order valence-corrected chi connectivity index (χ2v) is 8.21. The number of rotatable bonds is 6. The van der Waals surface area contributed by atoms with Crippen LogP contribution in [0.2, 0.25) is 0 Å². The van der Waals surface area contributed by atoms with E-state index in [-0.39, 0.29) is 47.2 Å². The highest BCUT2D eigenvalue weighted by molar-refractivity contribution is 6.09. The molecule has 1 aliphatic heterocycles. The minimum atomic E-state index is -1.05. The quantitative estimate of drug-likeness (QED) is 0.433. The number of carbonyl (C=O) groups is 4. The summed E-state index contributed by atoms with van der Waals surface area (Å²) >= 11 is 0. The van der Waals surface area contributed by atoms with Gasteiger partial charge in [0, 0.05) is 6.07 Å². The maximum absolute atomic E-state index is 13.0. The average Bonchev–Trinajstić information content (AvgIpc) is 3.41. The number of hydrogen-bond acceptors (Lipinski definition) is 7. The number of imide groups is 1. The van der Waals surface area contributed by atoms with Crippen molar-refractivity contribution in [3.8, 4) is 0 Å². The molecule has 9 heteroatoms. The zero-order valence-electron chi connectivity index (χ0n) is 16.5. The summed E-state index contributed by atoms with van der Waals surface area (Å²) in [4.78, 5) is 51.8. The number of fused-ring (bicyclic) bond motifs is 5. The molecule has 2 bridgehead atoms. The molecule has 1 aromatic heterocycles. The standard InChI is InChI=1S/C20H23N3O6/c1-9(2)17(20(27)28-8-14(24)21-13-6-10(3)29-22-13)23-18(25)15-11-4-5-12(7-11)16(15)19(23)26/h4-6,9,11-12,15-17H,7-8H2,1-3H3,(H,21,22,24)/t11-,12-,15-,16+,17+/m0/s1. The molecule has 4 rings (SSSR count). The van der Waals surface area contributed by atoms with Crippen molar-refractivity contribution in [1.29, 1.82) is 0 Å². The van der Waals surface area contributed by atoms with Gasteiger partial charge in [-0.15, -0.1) is 0 Å². The number of likely N-dealkylation sites (tertiary alicyclic amines) is 1. The van der Waals surface area contributed by atoms with Crippen LogP contribution < -0.4 is 5.32 Å². The first-order chi connectivity index (χ1) is 13.8. The monoisotopic (exact) mass is 401 g/mol. The van der Waals surface area contributed by atoms with Crippen LogP contribution in [0.4, 0.5) is 5.82 Å². The zero-order chi connectivity index (χ0) is 20.9. The van der Waals surface area contributed by atoms with Gasteiger partial charge >= 0.3 is 5.97 Å². The molecule has 0 aromatic carbocycles. The van der Waals surface area contributed by atoms with Crippen molar-refractivity contribution in [3.05, 3.63) is 24.0 Å². The van der Waals surface area contributed by atoms with E-state index in [2.05, 4.69) is 10.5 Å². The molecule has 2 aliphatic carbocycles. The number of nitrogens with zero attached hydrogens (tertiary/aromatic N) is 2. The van der Waals surface area contributed by atoms with Crippen molar-refractivity contribution in [1.82, 2.24) is 10.1 Å². The van der Waals surface area contributed by atoms with Crippen molar-refractivity contribution in [2.75, 3.05) is 11.9 Å². The molecule has 5 atom stereocenters. The van der Waals surface area contributed by atoms with E-state index in [1.165, 1.54) is 6.07 Å². The predicted octanol–water partition coefficient (Wildman–Crippen LogP) is 1.30. The summed E-state index contributed by atoms with van der Waals surface area (Å²) in [5.74, 6) is -2.23. The van der Waals surface area contributed by atoms with Crippen molar-refractivity contribution in [2.24, 2.45) is 29.6 Å². The minimum Gasteiger partial charge on any atom is -0.454 e. The topological polar surface area (TPSA) is 119 Å². The van der Waals surface area contributed by atoms with E-state index in [4.69, 9.17) is 9.26 Å². The lowest BCUT2D eigenvalue weighted by Gasteiger charge is -2.28. The van der Waals surface area contributed by atoms with Crippen LogP contribution in [-0.2, 0) is 23.9 Å². The highest BCUT2D eigenvalue weighted by atomic mass is 16.5. The molecule has 0 radical (unpaired) electrons. The van der Waals surface area contributed by atoms with E-state index in [1.807, 2.05) is 12.2 Å². The first kappa shape index (κ1) is 19.4. The van der Waals surface area contributed by atoms with E-state index < -0.39 is 24.5 Å². The largest absolute Gasteiger partial charge is 0.454 e. The highest BCUT2D eigenvalue weighted by Gasteiger charge is 2.61. The van der Waals surface area contributed by atoms with Crippen LogP contribution in [0, 0.1) is 36.5 Å². The maximum Gasteiger partial charge on any atom is 0.330 e. The van der Waals surface area contributed by atoms with Gasteiger partial charge in [0.05, 0.1) is 11.8 Å². The molecule has 2 heterocycles. The predicted molar refractivity (Wildman–Crippen MR) is 99.0 cm³/mol. The first-order valence-corrected chi connectivity index (χ1v) is 9.73. The molecular weight excluding hydrogens is 378 g/mol. The van der Waals surface area contributed by atoms with E-state index in [1.54, 1.807) is 20.8 Å². The Balaban J connectivity index is 1.42. The van der Waals surface area contributed by atoms with E-state index in [9.17, 15) is 19.2 Å². The van der Waals surface area contributed by atoms with Crippen molar-refractivity contribution in [2.45, 2.75) is 33.2 Å². The third-order valence-corrected chi connectivity index (χ3v) is 5.90. The Labute approximate surface area is 167 Å². The number of aryl methyl sites for hydroxylation is 1. The van der Waals surface area contributed by atoms with Gasteiger partial charge in [-0.25, -0.2) is 4.79 Å². The third kappa shape index (κ3) is 3.24. The Morgan fingerprint density at radius 3 is 2.38 bits per heavy atom. The zero-order valence-corrected chi connectivity index (χ0v) is 16.5. The fourth-order valence-corrected chi connectivity index (χ4v) is 4.70. The van der Waals surface area contributed by atoms with Gasteiger partial charge in [0.25, 0.3) is 5.91 Å². The lowest BCUT2D eigenvalue weighted by molar-refractivity contribution is -0.162. The van der Waals surface area contributed by atoms with Crippen molar-refractivity contribution >= 4 is 29.5 Å². The first-order valence-electron chi connectivity index (χ1n) is 9.73. The minimum absolute atomic E-state index is 0.0620. The number of aromatic nitrogens is 1. The maximum atomic E-state index is 13.0. The molecule has 3 amide bonds. The van der Waals surface area contributed by atoms with Gasteiger partial charge in [-0.05, 0) is 31.1 Å². The lowest BCUT2D eigenvalue weighted by atomic mass is 9.85. The van der Waals surface area contributed by atoms with Crippen LogP contribution in [0.15, 0.2) is 22.7 Å². The normalized spacial score (nSPS) is 28.2.